The molecule has 3 aromatic rings. The van der Waals surface area contributed by atoms with Gasteiger partial charge in [0.05, 0.1) is 10.6 Å². The number of anilines is 2. The van der Waals surface area contributed by atoms with Gasteiger partial charge in [-0.25, -0.2) is 27.8 Å². The number of amides is 1. The smallest absolute Gasteiger partial charge is 0.267 e. The molecule has 11 heteroatoms. The van der Waals surface area contributed by atoms with E-state index in [1.54, 1.807) is 26.0 Å². The van der Waals surface area contributed by atoms with E-state index in [-0.39, 0.29) is 16.4 Å². The van der Waals surface area contributed by atoms with Gasteiger partial charge in [0.1, 0.15) is 6.04 Å². The zero-order valence-corrected chi connectivity index (χ0v) is 18.3. The van der Waals surface area contributed by atoms with Crippen LogP contribution >= 0.6 is 0 Å². The van der Waals surface area contributed by atoms with E-state index < -0.39 is 22.0 Å². The first kappa shape index (κ1) is 21.6. The van der Waals surface area contributed by atoms with Crippen LogP contribution in [0, 0.1) is 6.92 Å². The van der Waals surface area contributed by atoms with Crippen LogP contribution in [0.4, 0.5) is 11.6 Å². The van der Waals surface area contributed by atoms with Gasteiger partial charge in [0.15, 0.2) is 0 Å². The van der Waals surface area contributed by atoms with Crippen LogP contribution in [0.25, 0.3) is 0 Å². The van der Waals surface area contributed by atoms with Crippen LogP contribution in [-0.2, 0) is 14.8 Å². The largest absolute Gasteiger partial charge is 0.324 e. The average molecular weight is 455 g/mol. The fourth-order valence-electron chi connectivity index (χ4n) is 3.07. The molecule has 1 saturated carbocycles. The fourth-order valence-corrected chi connectivity index (χ4v) is 4.02. The van der Waals surface area contributed by atoms with E-state index in [0.717, 1.165) is 18.5 Å². The van der Waals surface area contributed by atoms with Crippen molar-refractivity contribution in [1.29, 1.82) is 0 Å². The number of carbonyl (C=O) groups excluding carboxylic acids is 1. The SMILES string of the molecule is Cc1ccnc(NS(=O)(=O)c2ccc(NC(=O)C(C)n3nc(C4CC4)ccc3=O)cc2)n1. The molecular formula is C21H22N6O4S. The number of nitrogens with one attached hydrogen (secondary N) is 2. The Balaban J connectivity index is 1.46. The molecule has 1 atom stereocenters. The van der Waals surface area contributed by atoms with Crippen molar-refractivity contribution in [3.8, 4) is 0 Å². The van der Waals surface area contributed by atoms with Gasteiger partial charge in [-0.2, -0.15) is 5.10 Å². The molecule has 0 spiro atoms. The van der Waals surface area contributed by atoms with Gasteiger partial charge >= 0.3 is 0 Å². The van der Waals surface area contributed by atoms with E-state index in [0.29, 0.717) is 17.3 Å². The molecule has 2 aromatic heterocycles. The van der Waals surface area contributed by atoms with Crippen LogP contribution in [-0.4, -0.2) is 34.1 Å². The molecule has 1 aliphatic rings. The molecule has 0 saturated heterocycles. The molecule has 4 rings (SSSR count). The minimum Gasteiger partial charge on any atom is -0.324 e. The first-order valence-electron chi connectivity index (χ1n) is 10.1. The number of carbonyl (C=O) groups is 1. The maximum atomic E-state index is 12.7. The summed E-state index contributed by atoms with van der Waals surface area (Å²) in [5, 5.41) is 7.02. The van der Waals surface area contributed by atoms with Crippen molar-refractivity contribution in [2.24, 2.45) is 0 Å². The zero-order chi connectivity index (χ0) is 22.9. The second-order valence-electron chi connectivity index (χ2n) is 7.63. The van der Waals surface area contributed by atoms with Gasteiger partial charge in [0.2, 0.25) is 11.9 Å². The van der Waals surface area contributed by atoms with E-state index >= 15 is 0 Å². The van der Waals surface area contributed by atoms with Crippen LogP contribution in [0.5, 0.6) is 0 Å². The summed E-state index contributed by atoms with van der Waals surface area (Å²) in [6.07, 6.45) is 3.53. The normalized spacial score (nSPS) is 14.6. The number of aryl methyl sites for hydroxylation is 1. The highest BCUT2D eigenvalue weighted by atomic mass is 32.2. The van der Waals surface area contributed by atoms with Gasteiger partial charge in [-0.15, -0.1) is 0 Å². The van der Waals surface area contributed by atoms with Crippen LogP contribution < -0.4 is 15.6 Å². The zero-order valence-electron chi connectivity index (χ0n) is 17.5. The van der Waals surface area contributed by atoms with Crippen LogP contribution in [0.1, 0.15) is 43.1 Å². The maximum Gasteiger partial charge on any atom is 0.267 e. The molecule has 1 aromatic carbocycles. The molecule has 0 aliphatic heterocycles. The van der Waals surface area contributed by atoms with E-state index in [1.165, 1.54) is 41.2 Å². The number of aromatic nitrogens is 4. The lowest BCUT2D eigenvalue weighted by Crippen LogP contribution is -2.33. The minimum atomic E-state index is -3.89. The van der Waals surface area contributed by atoms with Crippen molar-refractivity contribution in [3.63, 3.8) is 0 Å². The van der Waals surface area contributed by atoms with Crippen molar-refractivity contribution in [2.45, 2.75) is 43.5 Å². The van der Waals surface area contributed by atoms with Gasteiger partial charge in [-0.1, -0.05) is 0 Å². The lowest BCUT2D eigenvalue weighted by molar-refractivity contribution is -0.119. The minimum absolute atomic E-state index is 0.0105. The van der Waals surface area contributed by atoms with E-state index in [2.05, 4.69) is 25.1 Å². The Hall–Kier alpha value is -3.60. The van der Waals surface area contributed by atoms with E-state index in [9.17, 15) is 18.0 Å². The molecule has 1 unspecified atom stereocenters. The number of nitrogens with zero attached hydrogens (tertiary/aromatic N) is 4. The molecule has 2 N–H and O–H groups in total. The molecule has 1 amide bonds. The Labute approximate surface area is 184 Å². The quantitative estimate of drug-likeness (QED) is 0.559. The third-order valence-corrected chi connectivity index (χ3v) is 6.38. The molecular weight excluding hydrogens is 432 g/mol. The van der Waals surface area contributed by atoms with Gasteiger partial charge in [-0.05, 0) is 63.1 Å². The second kappa shape index (κ2) is 8.50. The van der Waals surface area contributed by atoms with Crippen molar-refractivity contribution in [2.75, 3.05) is 10.0 Å². The summed E-state index contributed by atoms with van der Waals surface area (Å²) >= 11 is 0. The Morgan fingerprint density at radius 1 is 1.12 bits per heavy atom. The Morgan fingerprint density at radius 3 is 2.50 bits per heavy atom. The Bertz CT molecular complexity index is 1320. The Kier molecular flexibility index (Phi) is 5.74. The highest BCUT2D eigenvalue weighted by Crippen LogP contribution is 2.38. The summed E-state index contributed by atoms with van der Waals surface area (Å²) in [5.74, 6) is -0.109. The maximum absolute atomic E-state index is 12.7. The van der Waals surface area contributed by atoms with Gasteiger partial charge < -0.3 is 5.32 Å². The van der Waals surface area contributed by atoms with Crippen molar-refractivity contribution in [1.82, 2.24) is 19.7 Å². The molecule has 32 heavy (non-hydrogen) atoms. The third kappa shape index (κ3) is 4.83. The van der Waals surface area contributed by atoms with Crippen molar-refractivity contribution < 1.29 is 13.2 Å². The molecule has 2 heterocycles. The highest BCUT2D eigenvalue weighted by Gasteiger charge is 2.27. The van der Waals surface area contributed by atoms with E-state index in [4.69, 9.17) is 0 Å². The average Bonchev–Trinajstić information content (AvgIpc) is 3.59. The van der Waals surface area contributed by atoms with Crippen LogP contribution in [0.2, 0.25) is 0 Å². The highest BCUT2D eigenvalue weighted by molar-refractivity contribution is 7.92. The summed E-state index contributed by atoms with van der Waals surface area (Å²) in [6, 6.07) is 9.60. The monoisotopic (exact) mass is 454 g/mol. The first-order chi connectivity index (χ1) is 15.2. The lowest BCUT2D eigenvalue weighted by atomic mass is 10.2. The number of sulfonamides is 1. The van der Waals surface area contributed by atoms with Gasteiger partial charge in [0, 0.05) is 29.6 Å². The molecule has 0 bridgehead atoms. The molecule has 1 fully saturated rings. The number of hydrogen-bond acceptors (Lipinski definition) is 7. The van der Waals surface area contributed by atoms with Gasteiger partial charge in [0.25, 0.3) is 15.6 Å². The predicted octanol–water partition coefficient (Wildman–Crippen LogP) is 2.22. The molecule has 10 nitrogen and oxygen atoms in total. The topological polar surface area (TPSA) is 136 Å². The van der Waals surface area contributed by atoms with Crippen molar-refractivity contribution in [3.05, 3.63) is 70.4 Å². The number of rotatable bonds is 7. The van der Waals surface area contributed by atoms with Crippen LogP contribution in [0.15, 0.2) is 58.4 Å². The Morgan fingerprint density at radius 2 is 1.84 bits per heavy atom. The van der Waals surface area contributed by atoms with Crippen LogP contribution in [0.3, 0.4) is 0 Å². The molecule has 166 valence electrons. The summed E-state index contributed by atoms with van der Waals surface area (Å²) in [5.41, 5.74) is 1.46. The summed E-state index contributed by atoms with van der Waals surface area (Å²) < 4.78 is 28.6. The predicted molar refractivity (Wildman–Crippen MR) is 118 cm³/mol. The van der Waals surface area contributed by atoms with Crippen molar-refractivity contribution >= 4 is 27.6 Å². The number of benzene rings is 1. The summed E-state index contributed by atoms with van der Waals surface area (Å²) in [4.78, 5) is 32.7. The third-order valence-electron chi connectivity index (χ3n) is 5.04. The number of hydrogen-bond donors (Lipinski definition) is 2. The lowest BCUT2D eigenvalue weighted by Gasteiger charge is -2.15. The summed E-state index contributed by atoms with van der Waals surface area (Å²) in [7, 11) is -3.89. The summed E-state index contributed by atoms with van der Waals surface area (Å²) in [6.45, 7) is 3.31. The molecule has 0 radical (unpaired) electrons. The van der Waals surface area contributed by atoms with Gasteiger partial charge in [-0.3, -0.25) is 9.59 Å². The van der Waals surface area contributed by atoms with E-state index in [1.807, 2.05) is 0 Å². The second-order valence-corrected chi connectivity index (χ2v) is 9.31. The molecule has 1 aliphatic carbocycles. The fraction of sp³-hybridized carbons (Fsp3) is 0.286. The first-order valence-corrected chi connectivity index (χ1v) is 11.5. The standard InChI is InChI=1S/C21H22N6O4S/c1-13-11-12-22-21(23-13)26-32(30,31)17-7-5-16(6-8-17)24-20(29)14(2)27-19(28)10-9-18(25-27)15-3-4-15/h5-12,14-15H,3-4H2,1-2H3,(H,24,29)(H,22,23,26).